The second kappa shape index (κ2) is 9.58. The van der Waals surface area contributed by atoms with Crippen LogP contribution in [-0.4, -0.2) is 22.7 Å². The number of carbonyl (C=O) groups excluding carboxylic acids is 3. The van der Waals surface area contributed by atoms with Gasteiger partial charge in [0.05, 0.1) is 32.7 Å². The third kappa shape index (κ3) is 5.13. The van der Waals surface area contributed by atoms with E-state index >= 15 is 0 Å². The molecule has 0 unspecified atom stereocenters. The van der Waals surface area contributed by atoms with Crippen LogP contribution < -0.4 is 16.0 Å². The maximum atomic E-state index is 13.7. The first-order valence-electron chi connectivity index (χ1n) is 10.5. The van der Waals surface area contributed by atoms with Gasteiger partial charge in [0.25, 0.3) is 5.91 Å². The van der Waals surface area contributed by atoms with Gasteiger partial charge in [0.1, 0.15) is 16.1 Å². The van der Waals surface area contributed by atoms with E-state index < -0.39 is 40.7 Å². The third-order valence-electron chi connectivity index (χ3n) is 5.71. The van der Waals surface area contributed by atoms with Gasteiger partial charge < -0.3 is 11.1 Å². The monoisotopic (exact) mass is 574 g/mol. The van der Waals surface area contributed by atoms with E-state index in [1.807, 2.05) is 0 Å². The molecule has 1 fully saturated rings. The summed E-state index contributed by atoms with van der Waals surface area (Å²) < 4.78 is 53.0. The van der Waals surface area contributed by atoms with Gasteiger partial charge in [-0.25, -0.2) is 9.37 Å². The van der Waals surface area contributed by atoms with Gasteiger partial charge >= 0.3 is 6.18 Å². The molecule has 3 amide bonds. The number of nitrogens with two attached hydrogens (primary N) is 1. The normalized spacial score (nSPS) is 14.2. The van der Waals surface area contributed by atoms with Gasteiger partial charge in [-0.2, -0.15) is 13.2 Å². The minimum atomic E-state index is -4.66. The number of primary amides is 1. The van der Waals surface area contributed by atoms with Crippen molar-refractivity contribution >= 4 is 68.8 Å². The molecule has 0 saturated heterocycles. The lowest BCUT2D eigenvalue weighted by atomic mass is 10.0. The number of rotatable bonds is 6. The average molecular weight is 575 g/mol. The molecule has 1 heterocycles. The maximum Gasteiger partial charge on any atom is 0.416 e. The molecule has 4 rings (SSSR count). The van der Waals surface area contributed by atoms with E-state index in [1.165, 1.54) is 13.0 Å². The highest BCUT2D eigenvalue weighted by Crippen LogP contribution is 2.50. The van der Waals surface area contributed by atoms with Crippen LogP contribution in [0.3, 0.4) is 0 Å². The van der Waals surface area contributed by atoms with Crippen LogP contribution in [0.4, 0.5) is 34.1 Å². The van der Waals surface area contributed by atoms with Crippen molar-refractivity contribution in [2.75, 3.05) is 10.2 Å². The fourth-order valence-electron chi connectivity index (χ4n) is 3.53. The quantitative estimate of drug-likeness (QED) is 0.274. The standard InChI is InChI=1S/C23H16Cl2F4N4O3S/c1-10-17(18(34)32-15-8-11(23(27,28)29)2-4-13(15)24)37-21(31-10)33(16-5-3-12(26)9-14(16)25)20(36)22(6-7-22)19(30)35/h2-5,8-9H,6-7H2,1H3,(H2,30,35)(H,32,34). The third-order valence-corrected chi connectivity index (χ3v) is 7.48. The Morgan fingerprint density at radius 1 is 1.11 bits per heavy atom. The highest BCUT2D eigenvalue weighted by atomic mass is 35.5. The van der Waals surface area contributed by atoms with Gasteiger partial charge in [0, 0.05) is 0 Å². The molecular weight excluding hydrogens is 559 g/mol. The van der Waals surface area contributed by atoms with E-state index in [9.17, 15) is 31.9 Å². The zero-order chi connectivity index (χ0) is 27.3. The Morgan fingerprint density at radius 3 is 2.35 bits per heavy atom. The summed E-state index contributed by atoms with van der Waals surface area (Å²) in [7, 11) is 0. The molecule has 1 aromatic heterocycles. The predicted molar refractivity (Wildman–Crippen MR) is 131 cm³/mol. The number of carbonyl (C=O) groups is 3. The Hall–Kier alpha value is -3.22. The molecule has 1 saturated carbocycles. The fraction of sp³-hybridized carbons (Fsp3) is 0.217. The lowest BCUT2D eigenvalue weighted by Gasteiger charge is -2.24. The van der Waals surface area contributed by atoms with Gasteiger partial charge in [-0.3, -0.25) is 19.3 Å². The Labute approximate surface area is 221 Å². The van der Waals surface area contributed by atoms with Crippen molar-refractivity contribution in [1.29, 1.82) is 0 Å². The first-order valence-corrected chi connectivity index (χ1v) is 12.1. The molecular formula is C23H16Cl2F4N4O3S. The number of halogens is 6. The van der Waals surface area contributed by atoms with E-state index in [2.05, 4.69) is 10.3 Å². The molecule has 1 aliphatic rings. The summed E-state index contributed by atoms with van der Waals surface area (Å²) in [5, 5.41) is 1.95. The molecule has 3 aromatic rings. The maximum absolute atomic E-state index is 13.7. The summed E-state index contributed by atoms with van der Waals surface area (Å²) >= 11 is 12.9. The number of aryl methyl sites for hydroxylation is 1. The van der Waals surface area contributed by atoms with Crippen LogP contribution in [0, 0.1) is 18.2 Å². The number of benzene rings is 2. The number of alkyl halides is 3. The van der Waals surface area contributed by atoms with E-state index in [0.29, 0.717) is 17.4 Å². The van der Waals surface area contributed by atoms with Crippen molar-refractivity contribution in [2.24, 2.45) is 11.1 Å². The number of nitrogens with one attached hydrogen (secondary N) is 1. The van der Waals surface area contributed by atoms with Crippen molar-refractivity contribution in [2.45, 2.75) is 25.9 Å². The Bertz CT molecular complexity index is 1440. The number of amides is 3. The SMILES string of the molecule is Cc1nc(N(C(=O)C2(C(N)=O)CC2)c2ccc(F)cc2Cl)sc1C(=O)Nc1cc(C(F)(F)F)ccc1Cl. The Morgan fingerprint density at radius 2 is 1.78 bits per heavy atom. The molecule has 1 aliphatic carbocycles. The average Bonchev–Trinajstić information content (AvgIpc) is 3.53. The molecule has 14 heteroatoms. The van der Waals surface area contributed by atoms with Crippen LogP contribution in [0.15, 0.2) is 36.4 Å². The summed E-state index contributed by atoms with van der Waals surface area (Å²) in [6, 6.07) is 5.69. The van der Waals surface area contributed by atoms with Gasteiger partial charge in [-0.15, -0.1) is 0 Å². The zero-order valence-electron chi connectivity index (χ0n) is 18.8. The number of hydrogen-bond acceptors (Lipinski definition) is 5. The smallest absolute Gasteiger partial charge is 0.369 e. The molecule has 2 aromatic carbocycles. The number of anilines is 3. The molecule has 0 spiro atoms. The molecule has 7 nitrogen and oxygen atoms in total. The van der Waals surface area contributed by atoms with Crippen LogP contribution in [-0.2, 0) is 15.8 Å². The summed E-state index contributed by atoms with van der Waals surface area (Å²) in [4.78, 5) is 43.7. The van der Waals surface area contributed by atoms with Crippen molar-refractivity contribution in [3.8, 4) is 0 Å². The summed E-state index contributed by atoms with van der Waals surface area (Å²) in [6.45, 7) is 1.44. The summed E-state index contributed by atoms with van der Waals surface area (Å²) in [5.41, 5.74) is 2.78. The molecule has 37 heavy (non-hydrogen) atoms. The summed E-state index contributed by atoms with van der Waals surface area (Å²) in [5.74, 6) is -3.12. The van der Waals surface area contributed by atoms with Crippen molar-refractivity contribution in [3.05, 3.63) is 68.4 Å². The molecule has 3 N–H and O–H groups in total. The van der Waals surface area contributed by atoms with Crippen LogP contribution in [0.2, 0.25) is 10.0 Å². The molecule has 0 radical (unpaired) electrons. The number of thiazole rings is 1. The molecule has 0 aliphatic heterocycles. The lowest BCUT2D eigenvalue weighted by molar-refractivity contribution is -0.137. The van der Waals surface area contributed by atoms with E-state index in [-0.39, 0.29) is 50.0 Å². The number of aromatic nitrogens is 1. The largest absolute Gasteiger partial charge is 0.416 e. The van der Waals surface area contributed by atoms with Crippen molar-refractivity contribution in [3.63, 3.8) is 0 Å². The van der Waals surface area contributed by atoms with Crippen LogP contribution >= 0.6 is 34.5 Å². The van der Waals surface area contributed by atoms with Gasteiger partial charge in [-0.1, -0.05) is 34.5 Å². The lowest BCUT2D eigenvalue weighted by Crippen LogP contribution is -2.41. The Balaban J connectivity index is 1.73. The van der Waals surface area contributed by atoms with Gasteiger partial charge in [0.15, 0.2) is 5.13 Å². The van der Waals surface area contributed by atoms with Crippen LogP contribution in [0.25, 0.3) is 0 Å². The topological polar surface area (TPSA) is 105 Å². The van der Waals surface area contributed by atoms with Crippen LogP contribution in [0.1, 0.15) is 33.8 Å². The first kappa shape index (κ1) is 26.8. The second-order valence-electron chi connectivity index (χ2n) is 8.24. The molecule has 0 bridgehead atoms. The molecule has 194 valence electrons. The minimum Gasteiger partial charge on any atom is -0.369 e. The van der Waals surface area contributed by atoms with Gasteiger partial charge in [0.2, 0.25) is 11.8 Å². The predicted octanol–water partition coefficient (Wildman–Crippen LogP) is 6.10. The van der Waals surface area contributed by atoms with Gasteiger partial charge in [-0.05, 0) is 56.2 Å². The minimum absolute atomic E-state index is 0.00206. The fourth-order valence-corrected chi connectivity index (χ4v) is 4.92. The zero-order valence-corrected chi connectivity index (χ0v) is 21.1. The van der Waals surface area contributed by atoms with Crippen molar-refractivity contribution < 1.29 is 31.9 Å². The van der Waals surface area contributed by atoms with Crippen LogP contribution in [0.5, 0.6) is 0 Å². The van der Waals surface area contributed by atoms with Crippen molar-refractivity contribution in [1.82, 2.24) is 4.98 Å². The summed E-state index contributed by atoms with van der Waals surface area (Å²) in [6.07, 6.45) is -4.30. The number of hydrogen-bond donors (Lipinski definition) is 2. The Kier molecular flexibility index (Phi) is 6.95. The van der Waals surface area contributed by atoms with E-state index in [1.54, 1.807) is 0 Å². The second-order valence-corrected chi connectivity index (χ2v) is 10.0. The highest BCUT2D eigenvalue weighted by Gasteiger charge is 2.58. The number of nitrogens with zero attached hydrogens (tertiary/aromatic N) is 2. The highest BCUT2D eigenvalue weighted by molar-refractivity contribution is 7.18. The first-order chi connectivity index (χ1) is 17.2. The van der Waals surface area contributed by atoms with E-state index in [4.69, 9.17) is 28.9 Å². The molecule has 0 atom stereocenters. The van der Waals surface area contributed by atoms with E-state index in [0.717, 1.165) is 29.2 Å².